The second kappa shape index (κ2) is 9.74. The van der Waals surface area contributed by atoms with Gasteiger partial charge in [0, 0.05) is 41.5 Å². The minimum absolute atomic E-state index is 0.0443. The number of H-pyrrole nitrogens is 1. The Morgan fingerprint density at radius 2 is 1.67 bits per heavy atom. The van der Waals surface area contributed by atoms with E-state index < -0.39 is 0 Å². The van der Waals surface area contributed by atoms with Gasteiger partial charge in [-0.05, 0) is 49.2 Å². The summed E-state index contributed by atoms with van der Waals surface area (Å²) in [6.07, 6.45) is 2.54. The van der Waals surface area contributed by atoms with Gasteiger partial charge in [-0.3, -0.25) is 14.5 Å². The molecule has 3 aromatic carbocycles. The number of aromatic nitrogens is 1. The first-order chi connectivity index (χ1) is 17.5. The molecule has 4 aromatic rings. The van der Waals surface area contributed by atoms with Crippen LogP contribution in [0.15, 0.2) is 91.1 Å². The molecule has 0 fully saturated rings. The molecule has 2 amide bonds. The summed E-state index contributed by atoms with van der Waals surface area (Å²) >= 11 is 0. The summed E-state index contributed by atoms with van der Waals surface area (Å²) in [6, 6.07) is 26.6. The number of carbonyl (C=O) groups excluding carboxylic acids is 2. The lowest BCUT2D eigenvalue weighted by Crippen LogP contribution is -2.47. The highest BCUT2D eigenvalue weighted by atomic mass is 16.5. The zero-order chi connectivity index (χ0) is 25.2. The smallest absolute Gasteiger partial charge is 0.259 e. The molecule has 1 aliphatic rings. The molecule has 6 heteroatoms. The van der Waals surface area contributed by atoms with Gasteiger partial charge < -0.3 is 14.6 Å². The van der Waals surface area contributed by atoms with Crippen molar-refractivity contribution < 1.29 is 14.3 Å². The highest BCUT2D eigenvalue weighted by Gasteiger charge is 2.41. The van der Waals surface area contributed by atoms with Crippen LogP contribution in [0.3, 0.4) is 0 Å². The molecule has 2 atom stereocenters. The quantitative estimate of drug-likeness (QED) is 0.369. The molecule has 1 aromatic heterocycles. The minimum atomic E-state index is -0.245. The van der Waals surface area contributed by atoms with Crippen molar-refractivity contribution in [3.05, 3.63) is 102 Å². The largest absolute Gasteiger partial charge is 0.497 e. The number of ether oxygens (including phenoxy) is 1. The maximum Gasteiger partial charge on any atom is 0.259 e. The van der Waals surface area contributed by atoms with E-state index in [9.17, 15) is 9.59 Å². The van der Waals surface area contributed by atoms with Gasteiger partial charge in [-0.25, -0.2) is 0 Å². The Morgan fingerprint density at radius 1 is 0.972 bits per heavy atom. The molecule has 182 valence electrons. The number of hydrogen-bond acceptors (Lipinski definition) is 3. The summed E-state index contributed by atoms with van der Waals surface area (Å²) < 4.78 is 5.35. The third kappa shape index (κ3) is 4.15. The molecule has 0 spiro atoms. The Bertz CT molecular complexity index is 1380. The predicted octanol–water partition coefficient (Wildman–Crippen LogP) is 6.22. The van der Waals surface area contributed by atoms with Gasteiger partial charge in [0.25, 0.3) is 5.91 Å². The Morgan fingerprint density at radius 3 is 2.33 bits per heavy atom. The molecule has 36 heavy (non-hydrogen) atoms. The van der Waals surface area contributed by atoms with Crippen LogP contribution in [-0.4, -0.2) is 29.9 Å². The number of nitrogens with one attached hydrogen (secondary N) is 1. The average molecular weight is 480 g/mol. The first-order valence-corrected chi connectivity index (χ1v) is 12.1. The highest BCUT2D eigenvalue weighted by molar-refractivity contribution is 6.08. The predicted molar refractivity (Wildman–Crippen MR) is 142 cm³/mol. The lowest BCUT2D eigenvalue weighted by molar-refractivity contribution is -0.117. The number of benzene rings is 3. The Labute approximate surface area is 211 Å². The van der Waals surface area contributed by atoms with E-state index in [4.69, 9.17) is 4.74 Å². The van der Waals surface area contributed by atoms with Crippen molar-refractivity contribution in [2.45, 2.75) is 32.4 Å². The maximum atomic E-state index is 13.8. The lowest BCUT2D eigenvalue weighted by Gasteiger charge is -2.42. The molecular formula is C30H29N3O3. The minimum Gasteiger partial charge on any atom is -0.497 e. The van der Waals surface area contributed by atoms with Gasteiger partial charge in [0.05, 0.1) is 13.2 Å². The average Bonchev–Trinajstić information content (AvgIpc) is 3.34. The normalized spacial score (nSPS) is 16.8. The van der Waals surface area contributed by atoms with Gasteiger partial charge in [0.15, 0.2) is 0 Å². The highest BCUT2D eigenvalue weighted by Crippen LogP contribution is 2.47. The van der Waals surface area contributed by atoms with E-state index in [-0.39, 0.29) is 23.9 Å². The van der Waals surface area contributed by atoms with E-state index in [1.165, 1.54) is 0 Å². The second-order valence-corrected chi connectivity index (χ2v) is 9.06. The van der Waals surface area contributed by atoms with Crippen molar-refractivity contribution >= 4 is 23.3 Å². The van der Waals surface area contributed by atoms with Crippen LogP contribution in [0, 0.1) is 0 Å². The fourth-order valence-corrected chi connectivity index (χ4v) is 5.18. The number of anilines is 2. The number of para-hydroxylation sites is 1. The third-order valence-corrected chi connectivity index (χ3v) is 6.78. The number of aromatic amines is 1. The Hall–Kier alpha value is -4.32. The van der Waals surface area contributed by atoms with Crippen LogP contribution in [0.1, 0.15) is 42.2 Å². The fourth-order valence-electron chi connectivity index (χ4n) is 5.18. The molecule has 0 bridgehead atoms. The zero-order valence-corrected chi connectivity index (χ0v) is 20.6. The lowest BCUT2D eigenvalue weighted by atomic mass is 9.88. The van der Waals surface area contributed by atoms with Crippen LogP contribution in [0.2, 0.25) is 0 Å². The molecule has 2 heterocycles. The molecular weight excluding hydrogens is 450 g/mol. The molecule has 2 unspecified atom stereocenters. The number of rotatable bonds is 5. The summed E-state index contributed by atoms with van der Waals surface area (Å²) in [5, 5.41) is 0. The van der Waals surface area contributed by atoms with E-state index in [2.05, 4.69) is 4.98 Å². The van der Waals surface area contributed by atoms with E-state index in [0.29, 0.717) is 23.6 Å². The molecule has 1 N–H and O–H groups in total. The number of fused-ring (bicyclic) bond motifs is 1. The number of carbonyl (C=O) groups is 2. The summed E-state index contributed by atoms with van der Waals surface area (Å²) in [4.78, 5) is 34.0. The van der Waals surface area contributed by atoms with Gasteiger partial charge in [-0.2, -0.15) is 0 Å². The standard InChI is InChI=1S/C30H29N3O3/c1-20-17-27(33(21(2)34)24-14-8-5-9-15-24)28-26(22-11-6-4-7-12-22)19-31-29(28)32(20)30(35)23-13-10-16-25(18-23)36-3/h4-16,18-20,27,31H,17H2,1-3H3. The van der Waals surface area contributed by atoms with Gasteiger partial charge in [-0.1, -0.05) is 54.6 Å². The fraction of sp³-hybridized carbons (Fsp3) is 0.200. The number of amides is 2. The first-order valence-electron chi connectivity index (χ1n) is 12.1. The molecule has 1 aliphatic heterocycles. The second-order valence-electron chi connectivity index (χ2n) is 9.06. The van der Waals surface area contributed by atoms with Crippen LogP contribution in [-0.2, 0) is 4.79 Å². The van der Waals surface area contributed by atoms with Crippen molar-refractivity contribution in [2.75, 3.05) is 16.9 Å². The molecule has 0 radical (unpaired) electrons. The molecule has 0 saturated carbocycles. The SMILES string of the molecule is COc1cccc(C(=O)N2c3[nH]cc(-c4ccccc4)c3C(N(C(C)=O)c3ccccc3)CC2C)c1. The Balaban J connectivity index is 1.67. The van der Waals surface area contributed by atoms with E-state index in [1.54, 1.807) is 26.2 Å². The first kappa shape index (κ1) is 23.4. The van der Waals surface area contributed by atoms with Crippen LogP contribution in [0.25, 0.3) is 11.1 Å². The van der Waals surface area contributed by atoms with Gasteiger partial charge >= 0.3 is 0 Å². The molecule has 0 aliphatic carbocycles. The van der Waals surface area contributed by atoms with E-state index >= 15 is 0 Å². The van der Waals surface area contributed by atoms with Crippen molar-refractivity contribution in [3.63, 3.8) is 0 Å². The van der Waals surface area contributed by atoms with Crippen molar-refractivity contribution in [3.8, 4) is 16.9 Å². The number of hydrogen-bond donors (Lipinski definition) is 1. The van der Waals surface area contributed by atoms with Crippen LogP contribution in [0.4, 0.5) is 11.5 Å². The Kier molecular flexibility index (Phi) is 6.34. The van der Waals surface area contributed by atoms with Crippen LogP contribution < -0.4 is 14.5 Å². The summed E-state index contributed by atoms with van der Waals surface area (Å²) in [6.45, 7) is 3.63. The summed E-state index contributed by atoms with van der Waals surface area (Å²) in [7, 11) is 1.59. The number of methoxy groups -OCH3 is 1. The zero-order valence-electron chi connectivity index (χ0n) is 20.6. The van der Waals surface area contributed by atoms with Crippen molar-refractivity contribution in [2.24, 2.45) is 0 Å². The maximum absolute atomic E-state index is 13.8. The summed E-state index contributed by atoms with van der Waals surface area (Å²) in [5.41, 5.74) is 4.33. The van der Waals surface area contributed by atoms with Crippen LogP contribution in [0.5, 0.6) is 5.75 Å². The molecule has 6 nitrogen and oxygen atoms in total. The van der Waals surface area contributed by atoms with Crippen molar-refractivity contribution in [1.82, 2.24) is 4.98 Å². The van der Waals surface area contributed by atoms with Gasteiger partial charge in [0.2, 0.25) is 5.91 Å². The third-order valence-electron chi connectivity index (χ3n) is 6.78. The van der Waals surface area contributed by atoms with Gasteiger partial charge in [-0.15, -0.1) is 0 Å². The van der Waals surface area contributed by atoms with Crippen LogP contribution >= 0.6 is 0 Å². The number of nitrogens with zero attached hydrogens (tertiary/aromatic N) is 2. The molecule has 5 rings (SSSR count). The topological polar surface area (TPSA) is 65.6 Å². The monoisotopic (exact) mass is 479 g/mol. The molecule has 0 saturated heterocycles. The van der Waals surface area contributed by atoms with Gasteiger partial charge in [0.1, 0.15) is 11.6 Å². The summed E-state index contributed by atoms with van der Waals surface area (Å²) in [5.74, 6) is 1.19. The van der Waals surface area contributed by atoms with Crippen molar-refractivity contribution in [1.29, 1.82) is 0 Å². The van der Waals surface area contributed by atoms with E-state index in [0.717, 1.165) is 22.4 Å². The van der Waals surface area contributed by atoms with E-state index in [1.807, 2.05) is 95.7 Å².